The van der Waals surface area contributed by atoms with E-state index in [4.69, 9.17) is 9.73 Å². The van der Waals surface area contributed by atoms with Gasteiger partial charge in [0.05, 0.1) is 29.0 Å². The van der Waals surface area contributed by atoms with Gasteiger partial charge >= 0.3 is 0 Å². The number of anilines is 1. The highest BCUT2D eigenvalue weighted by Gasteiger charge is 2.32. The summed E-state index contributed by atoms with van der Waals surface area (Å²) in [5.41, 5.74) is 3.16. The Labute approximate surface area is 225 Å². The molecule has 1 atom stereocenters. The van der Waals surface area contributed by atoms with Crippen LogP contribution >= 0.6 is 33.9 Å². The highest BCUT2D eigenvalue weighted by Crippen LogP contribution is 2.32. The number of thiazole rings is 1. The highest BCUT2D eigenvalue weighted by molar-refractivity contribution is 14.1. The summed E-state index contributed by atoms with van der Waals surface area (Å²) in [5, 5.41) is 2.96. The van der Waals surface area contributed by atoms with Crippen LogP contribution in [0.2, 0.25) is 0 Å². The number of fused-ring (bicyclic) bond motifs is 1. The van der Waals surface area contributed by atoms with Crippen LogP contribution < -0.4 is 24.9 Å². The Kier molecular flexibility index (Phi) is 6.88. The van der Waals surface area contributed by atoms with E-state index in [2.05, 4.69) is 27.9 Å². The second-order valence-corrected chi connectivity index (χ2v) is 10.5. The molecule has 1 aliphatic heterocycles. The molecule has 1 N–H and O–H groups in total. The fourth-order valence-corrected chi connectivity index (χ4v) is 5.58. The summed E-state index contributed by atoms with van der Waals surface area (Å²) in [7, 11) is 1.59. The second kappa shape index (κ2) is 10.2. The molecule has 1 aliphatic rings. The Morgan fingerprint density at radius 2 is 1.83 bits per heavy atom. The van der Waals surface area contributed by atoms with Crippen LogP contribution in [0.4, 0.5) is 5.69 Å². The normalized spacial score (nSPS) is 15.3. The SMILES string of the molecule is COc1cccc([C@@H]2C(C(=O)Nc3ccccc3)=C(C)N=c3s/c(=C\c4ccc(I)cc4)c(=O)n32)c1. The molecule has 0 aliphatic carbocycles. The summed E-state index contributed by atoms with van der Waals surface area (Å²) in [6.45, 7) is 1.81. The number of amides is 1. The van der Waals surface area contributed by atoms with E-state index in [9.17, 15) is 9.59 Å². The minimum atomic E-state index is -0.654. The van der Waals surface area contributed by atoms with E-state index in [0.29, 0.717) is 32.0 Å². The number of nitrogens with zero attached hydrogens (tertiary/aromatic N) is 2. The van der Waals surface area contributed by atoms with Crippen molar-refractivity contribution in [3.63, 3.8) is 0 Å². The van der Waals surface area contributed by atoms with Crippen molar-refractivity contribution in [3.8, 4) is 5.75 Å². The van der Waals surface area contributed by atoms with Crippen molar-refractivity contribution < 1.29 is 9.53 Å². The van der Waals surface area contributed by atoms with Crippen molar-refractivity contribution >= 4 is 51.6 Å². The summed E-state index contributed by atoms with van der Waals surface area (Å²) in [4.78, 5) is 32.6. The molecule has 0 fully saturated rings. The maximum Gasteiger partial charge on any atom is 0.271 e. The Morgan fingerprint density at radius 3 is 2.56 bits per heavy atom. The molecule has 0 bridgehead atoms. The van der Waals surface area contributed by atoms with Crippen molar-refractivity contribution in [1.29, 1.82) is 0 Å². The smallest absolute Gasteiger partial charge is 0.271 e. The molecule has 6 nitrogen and oxygen atoms in total. The molecule has 180 valence electrons. The number of carbonyl (C=O) groups is 1. The number of hydrogen-bond donors (Lipinski definition) is 1. The Bertz CT molecular complexity index is 1650. The number of hydrogen-bond acceptors (Lipinski definition) is 5. The molecule has 1 aromatic heterocycles. The van der Waals surface area contributed by atoms with Crippen LogP contribution in [0.15, 0.2) is 99.9 Å². The van der Waals surface area contributed by atoms with E-state index in [0.717, 1.165) is 14.7 Å². The van der Waals surface area contributed by atoms with Gasteiger partial charge in [-0.3, -0.25) is 14.2 Å². The predicted octanol–water partition coefficient (Wildman–Crippen LogP) is 4.49. The van der Waals surface area contributed by atoms with Gasteiger partial charge in [-0.25, -0.2) is 4.99 Å². The maximum atomic E-state index is 13.8. The van der Waals surface area contributed by atoms with Crippen molar-refractivity contribution in [2.24, 2.45) is 4.99 Å². The molecule has 0 radical (unpaired) electrons. The number of nitrogens with one attached hydrogen (secondary N) is 1. The van der Waals surface area contributed by atoms with Gasteiger partial charge in [-0.15, -0.1) is 0 Å². The van der Waals surface area contributed by atoms with Crippen LogP contribution in [-0.4, -0.2) is 17.6 Å². The fraction of sp³-hybridized carbons (Fsp3) is 0.107. The number of ether oxygens (including phenoxy) is 1. The molecule has 4 aromatic rings. The first kappa shape index (κ1) is 24.2. The predicted molar refractivity (Wildman–Crippen MR) is 151 cm³/mol. The lowest BCUT2D eigenvalue weighted by molar-refractivity contribution is -0.113. The van der Waals surface area contributed by atoms with Crippen molar-refractivity contribution in [1.82, 2.24) is 4.57 Å². The lowest BCUT2D eigenvalue weighted by Gasteiger charge is -2.25. The van der Waals surface area contributed by atoms with Gasteiger partial charge in [0.2, 0.25) is 0 Å². The first-order valence-corrected chi connectivity index (χ1v) is 13.1. The van der Waals surface area contributed by atoms with Crippen LogP contribution in [0, 0.1) is 3.57 Å². The quantitative estimate of drug-likeness (QED) is 0.340. The number of methoxy groups -OCH3 is 1. The van der Waals surface area contributed by atoms with Gasteiger partial charge in [0, 0.05) is 9.26 Å². The molecule has 0 saturated carbocycles. The third kappa shape index (κ3) is 4.78. The van der Waals surface area contributed by atoms with Crippen LogP contribution in [0.1, 0.15) is 24.1 Å². The Morgan fingerprint density at radius 1 is 1.08 bits per heavy atom. The summed E-state index contributed by atoms with van der Waals surface area (Å²) in [6, 6.07) is 24.0. The molecule has 2 heterocycles. The van der Waals surface area contributed by atoms with Gasteiger partial charge < -0.3 is 10.1 Å². The number of allylic oxidation sites excluding steroid dienone is 1. The molecular weight excluding hydrogens is 585 g/mol. The van der Waals surface area contributed by atoms with E-state index in [-0.39, 0.29) is 11.5 Å². The van der Waals surface area contributed by atoms with Gasteiger partial charge in [-0.05, 0) is 83.1 Å². The summed E-state index contributed by atoms with van der Waals surface area (Å²) in [6.07, 6.45) is 1.87. The number of halogens is 1. The number of rotatable bonds is 5. The van der Waals surface area contributed by atoms with E-state index in [1.165, 1.54) is 11.3 Å². The zero-order chi connectivity index (χ0) is 25.2. The maximum absolute atomic E-state index is 13.8. The van der Waals surface area contributed by atoms with Gasteiger partial charge in [0.15, 0.2) is 4.80 Å². The van der Waals surface area contributed by atoms with Crippen LogP contribution in [0.5, 0.6) is 5.75 Å². The molecule has 0 spiro atoms. The second-order valence-electron chi connectivity index (χ2n) is 8.23. The first-order valence-electron chi connectivity index (χ1n) is 11.2. The molecule has 1 amide bonds. The average Bonchev–Trinajstić information content (AvgIpc) is 3.19. The molecule has 36 heavy (non-hydrogen) atoms. The lowest BCUT2D eigenvalue weighted by atomic mass is 9.95. The van der Waals surface area contributed by atoms with Gasteiger partial charge in [0.1, 0.15) is 5.75 Å². The minimum absolute atomic E-state index is 0.192. The van der Waals surface area contributed by atoms with Gasteiger partial charge in [-0.2, -0.15) is 0 Å². The largest absolute Gasteiger partial charge is 0.497 e. The first-order chi connectivity index (χ1) is 17.4. The molecular formula is C28H22IN3O3S. The van der Waals surface area contributed by atoms with Crippen molar-refractivity contribution in [3.05, 3.63) is 125 Å². The summed E-state index contributed by atoms with van der Waals surface area (Å²) >= 11 is 3.57. The summed E-state index contributed by atoms with van der Waals surface area (Å²) < 4.78 is 8.74. The molecule has 5 rings (SSSR count). The van der Waals surface area contributed by atoms with Crippen molar-refractivity contribution in [2.75, 3.05) is 12.4 Å². The third-order valence-corrected chi connectivity index (χ3v) is 7.58. The summed E-state index contributed by atoms with van der Waals surface area (Å²) in [5.74, 6) is 0.341. The molecule has 0 saturated heterocycles. The number of carbonyl (C=O) groups excluding carboxylic acids is 1. The number of benzene rings is 3. The number of para-hydroxylation sites is 1. The van der Waals surface area contributed by atoms with E-state index in [1.54, 1.807) is 11.7 Å². The van der Waals surface area contributed by atoms with Crippen LogP contribution in [0.25, 0.3) is 6.08 Å². The lowest BCUT2D eigenvalue weighted by Crippen LogP contribution is -2.40. The standard InChI is InChI=1S/C28H22IN3O3S/c1-17-24(26(33)31-21-8-4-3-5-9-21)25(19-7-6-10-22(16-19)35-2)32-27(34)23(36-28(32)30-17)15-18-11-13-20(29)14-12-18/h3-16,25H,1-2H3,(H,31,33)/b23-15-/t25-/m1/s1. The van der Waals surface area contributed by atoms with Crippen LogP contribution in [-0.2, 0) is 4.79 Å². The topological polar surface area (TPSA) is 72.7 Å². The fourth-order valence-electron chi connectivity index (χ4n) is 4.17. The monoisotopic (exact) mass is 607 g/mol. The Hall–Kier alpha value is -3.50. The van der Waals surface area contributed by atoms with E-state index >= 15 is 0 Å². The van der Waals surface area contributed by atoms with Gasteiger partial charge in [0.25, 0.3) is 11.5 Å². The van der Waals surface area contributed by atoms with Crippen LogP contribution in [0.3, 0.4) is 0 Å². The Balaban J connectivity index is 1.68. The van der Waals surface area contributed by atoms with Gasteiger partial charge in [-0.1, -0.05) is 53.8 Å². The minimum Gasteiger partial charge on any atom is -0.497 e. The molecule has 8 heteroatoms. The molecule has 0 unspecified atom stereocenters. The zero-order valence-corrected chi connectivity index (χ0v) is 22.5. The van der Waals surface area contributed by atoms with E-state index < -0.39 is 6.04 Å². The molecule has 3 aromatic carbocycles. The van der Waals surface area contributed by atoms with E-state index in [1.807, 2.05) is 91.9 Å². The third-order valence-electron chi connectivity index (χ3n) is 5.88. The number of aromatic nitrogens is 1. The highest BCUT2D eigenvalue weighted by atomic mass is 127. The zero-order valence-electron chi connectivity index (χ0n) is 19.6. The average molecular weight is 607 g/mol. The van der Waals surface area contributed by atoms with Crippen molar-refractivity contribution in [2.45, 2.75) is 13.0 Å².